The molecule has 4 heterocycles. The van der Waals surface area contributed by atoms with Gasteiger partial charge in [0.25, 0.3) is 0 Å². The molecule has 0 bridgehead atoms. The highest BCUT2D eigenvalue weighted by Crippen LogP contribution is 2.36. The van der Waals surface area contributed by atoms with E-state index in [1.54, 1.807) is 23.1 Å². The van der Waals surface area contributed by atoms with Gasteiger partial charge in [0.15, 0.2) is 0 Å². The second kappa shape index (κ2) is 8.78. The molecule has 1 atom stereocenters. The quantitative estimate of drug-likeness (QED) is 0.384. The molecule has 0 saturated carbocycles. The van der Waals surface area contributed by atoms with E-state index in [0.29, 0.717) is 6.42 Å². The normalized spacial score (nSPS) is 17.1. The fourth-order valence-corrected chi connectivity index (χ4v) is 5.98. The highest BCUT2D eigenvalue weighted by molar-refractivity contribution is 7.98. The summed E-state index contributed by atoms with van der Waals surface area (Å²) in [6, 6.07) is 14.4. The number of fused-ring (bicyclic) bond motifs is 2. The molecule has 5 nitrogen and oxygen atoms in total. The van der Waals surface area contributed by atoms with Crippen molar-refractivity contribution in [2.75, 3.05) is 12.3 Å². The molecule has 154 valence electrons. The van der Waals surface area contributed by atoms with Crippen molar-refractivity contribution in [3.63, 3.8) is 0 Å². The Hall–Kier alpha value is -2.38. The molecular formula is C23H24N4OS2. The maximum atomic E-state index is 13.0. The summed E-state index contributed by atoms with van der Waals surface area (Å²) in [6.45, 7) is 0.844. The fourth-order valence-electron chi connectivity index (χ4n) is 4.06. The third-order valence-corrected chi connectivity index (χ3v) is 7.67. The van der Waals surface area contributed by atoms with Gasteiger partial charge in [-0.3, -0.25) is 4.79 Å². The van der Waals surface area contributed by atoms with Crippen LogP contribution in [0.15, 0.2) is 54.9 Å². The predicted molar refractivity (Wildman–Crippen MR) is 124 cm³/mol. The number of amides is 1. The first kappa shape index (κ1) is 19.6. The topological polar surface area (TPSA) is 50.5 Å². The number of thiazole rings is 1. The first-order chi connectivity index (χ1) is 14.8. The second-order valence-electron chi connectivity index (χ2n) is 7.62. The van der Waals surface area contributed by atoms with Crippen molar-refractivity contribution in [1.82, 2.24) is 19.3 Å². The predicted octanol–water partition coefficient (Wildman–Crippen LogP) is 5.32. The lowest BCUT2D eigenvalue weighted by molar-refractivity contribution is -0.134. The van der Waals surface area contributed by atoms with Crippen LogP contribution in [-0.2, 0) is 10.5 Å². The second-order valence-corrected chi connectivity index (χ2v) is 9.79. The largest absolute Gasteiger partial charge is 0.333 e. The zero-order chi connectivity index (χ0) is 20.3. The first-order valence-electron chi connectivity index (χ1n) is 10.4. The van der Waals surface area contributed by atoms with Gasteiger partial charge in [0.05, 0.1) is 22.0 Å². The molecule has 0 spiro atoms. The lowest BCUT2D eigenvalue weighted by atomic mass is 10.0. The Morgan fingerprint density at radius 1 is 1.13 bits per heavy atom. The van der Waals surface area contributed by atoms with Gasteiger partial charge >= 0.3 is 0 Å². The average Bonchev–Trinajstić information content (AvgIpc) is 3.40. The smallest absolute Gasteiger partial charge is 0.223 e. The van der Waals surface area contributed by atoms with Gasteiger partial charge < -0.3 is 9.30 Å². The minimum atomic E-state index is 0.132. The van der Waals surface area contributed by atoms with Crippen LogP contribution in [0.5, 0.6) is 0 Å². The molecular weight excluding hydrogens is 412 g/mol. The third kappa shape index (κ3) is 4.09. The van der Waals surface area contributed by atoms with Crippen LogP contribution in [0.2, 0.25) is 0 Å². The standard InChI is InChI=1S/C23H24N4OS2/c28-22(11-14-29-16-17-15-26-12-5-4-10-21(26)24-17)27-13-6-3-8-19(27)23-25-18-7-1-2-9-20(18)30-23/h1-2,4-5,7,9-10,12,15,19H,3,6,8,11,13-14,16H2/t19-/m1/s1. The van der Waals surface area contributed by atoms with Crippen molar-refractivity contribution in [1.29, 1.82) is 0 Å². The summed E-state index contributed by atoms with van der Waals surface area (Å²) in [7, 11) is 0. The number of nitrogens with zero attached hydrogens (tertiary/aromatic N) is 4. The molecule has 5 rings (SSSR count). The number of aromatic nitrogens is 3. The molecule has 0 unspecified atom stereocenters. The SMILES string of the molecule is O=C(CCSCc1cn2ccccc2n1)N1CCCC[C@@H]1c1nc2ccccc2s1. The lowest BCUT2D eigenvalue weighted by Gasteiger charge is -2.34. The number of rotatable bonds is 6. The number of para-hydroxylation sites is 1. The summed E-state index contributed by atoms with van der Waals surface area (Å²) < 4.78 is 3.24. The summed E-state index contributed by atoms with van der Waals surface area (Å²) in [5.41, 5.74) is 3.07. The van der Waals surface area contributed by atoms with Gasteiger partial charge in [0.1, 0.15) is 10.7 Å². The summed E-state index contributed by atoms with van der Waals surface area (Å²) in [4.78, 5) is 24.6. The Labute approximate surface area is 184 Å². The van der Waals surface area contributed by atoms with E-state index in [2.05, 4.69) is 28.2 Å². The van der Waals surface area contributed by atoms with Crippen LogP contribution in [-0.4, -0.2) is 37.5 Å². The average molecular weight is 437 g/mol. The Balaban J connectivity index is 1.19. The number of carbonyl (C=O) groups is 1. The van der Waals surface area contributed by atoms with E-state index in [9.17, 15) is 4.79 Å². The minimum absolute atomic E-state index is 0.132. The van der Waals surface area contributed by atoms with Gasteiger partial charge in [-0.25, -0.2) is 9.97 Å². The van der Waals surface area contributed by atoms with Crippen molar-refractivity contribution in [3.8, 4) is 0 Å². The van der Waals surface area contributed by atoms with Gasteiger partial charge in [-0.15, -0.1) is 11.3 Å². The number of piperidine rings is 1. The number of pyridine rings is 1. The van der Waals surface area contributed by atoms with Crippen LogP contribution in [0, 0.1) is 0 Å². The summed E-state index contributed by atoms with van der Waals surface area (Å²) in [5.74, 6) is 1.90. The van der Waals surface area contributed by atoms with E-state index in [1.165, 1.54) is 4.70 Å². The Bertz CT molecular complexity index is 1100. The number of benzene rings is 1. The third-order valence-electron chi connectivity index (χ3n) is 5.54. The number of imidazole rings is 1. The molecule has 1 aliphatic heterocycles. The van der Waals surface area contributed by atoms with Gasteiger partial charge in [0, 0.05) is 36.9 Å². The highest BCUT2D eigenvalue weighted by atomic mass is 32.2. The molecule has 0 aliphatic carbocycles. The summed E-state index contributed by atoms with van der Waals surface area (Å²) >= 11 is 3.51. The molecule has 1 amide bonds. The van der Waals surface area contributed by atoms with Crippen LogP contribution in [0.1, 0.15) is 42.4 Å². The maximum absolute atomic E-state index is 13.0. The number of hydrogen-bond acceptors (Lipinski definition) is 5. The molecule has 0 radical (unpaired) electrons. The molecule has 1 fully saturated rings. The minimum Gasteiger partial charge on any atom is -0.333 e. The number of likely N-dealkylation sites (tertiary alicyclic amines) is 1. The van der Waals surface area contributed by atoms with Crippen molar-refractivity contribution >= 4 is 44.9 Å². The van der Waals surface area contributed by atoms with E-state index < -0.39 is 0 Å². The molecule has 30 heavy (non-hydrogen) atoms. The highest BCUT2D eigenvalue weighted by Gasteiger charge is 2.29. The maximum Gasteiger partial charge on any atom is 0.223 e. The number of carbonyl (C=O) groups excluding carboxylic acids is 1. The summed E-state index contributed by atoms with van der Waals surface area (Å²) in [6.07, 6.45) is 7.91. The molecule has 1 saturated heterocycles. The van der Waals surface area contributed by atoms with Crippen LogP contribution in [0.4, 0.5) is 0 Å². The molecule has 1 aliphatic rings. The van der Waals surface area contributed by atoms with Crippen molar-refractivity contribution in [2.45, 2.75) is 37.5 Å². The van der Waals surface area contributed by atoms with Crippen molar-refractivity contribution in [3.05, 3.63) is 65.6 Å². The van der Waals surface area contributed by atoms with Crippen LogP contribution in [0.25, 0.3) is 15.9 Å². The van der Waals surface area contributed by atoms with E-state index in [1.807, 2.05) is 40.9 Å². The fraction of sp³-hybridized carbons (Fsp3) is 0.348. The Morgan fingerprint density at radius 3 is 2.93 bits per heavy atom. The van der Waals surface area contributed by atoms with E-state index >= 15 is 0 Å². The number of hydrogen-bond donors (Lipinski definition) is 0. The Morgan fingerprint density at radius 2 is 2.03 bits per heavy atom. The van der Waals surface area contributed by atoms with Crippen LogP contribution < -0.4 is 0 Å². The molecule has 0 N–H and O–H groups in total. The lowest BCUT2D eigenvalue weighted by Crippen LogP contribution is -2.38. The molecule has 3 aromatic heterocycles. The van der Waals surface area contributed by atoms with Crippen molar-refractivity contribution in [2.24, 2.45) is 0 Å². The summed E-state index contributed by atoms with van der Waals surface area (Å²) in [5, 5.41) is 1.08. The molecule has 4 aromatic rings. The number of thioether (sulfide) groups is 1. The van der Waals surface area contributed by atoms with E-state index in [0.717, 1.165) is 59.2 Å². The van der Waals surface area contributed by atoms with Gasteiger partial charge in [-0.1, -0.05) is 18.2 Å². The van der Waals surface area contributed by atoms with Crippen LogP contribution >= 0.6 is 23.1 Å². The first-order valence-corrected chi connectivity index (χ1v) is 12.4. The zero-order valence-electron chi connectivity index (χ0n) is 16.7. The zero-order valence-corrected chi connectivity index (χ0v) is 18.4. The molecule has 1 aromatic carbocycles. The van der Waals surface area contributed by atoms with Crippen molar-refractivity contribution < 1.29 is 4.79 Å². The van der Waals surface area contributed by atoms with E-state index in [4.69, 9.17) is 4.98 Å². The van der Waals surface area contributed by atoms with E-state index in [-0.39, 0.29) is 11.9 Å². The van der Waals surface area contributed by atoms with Gasteiger partial charge in [-0.2, -0.15) is 11.8 Å². The Kier molecular flexibility index (Phi) is 5.73. The van der Waals surface area contributed by atoms with Crippen LogP contribution in [0.3, 0.4) is 0 Å². The van der Waals surface area contributed by atoms with Gasteiger partial charge in [-0.05, 0) is 43.5 Å². The van der Waals surface area contributed by atoms with Gasteiger partial charge in [0.2, 0.25) is 5.91 Å². The molecule has 7 heteroatoms. The monoisotopic (exact) mass is 436 g/mol.